The first-order valence-electron chi connectivity index (χ1n) is 9.50. The van der Waals surface area contributed by atoms with Crippen LogP contribution in [-0.2, 0) is 6.61 Å². The van der Waals surface area contributed by atoms with Crippen LogP contribution in [0.1, 0.15) is 5.56 Å². The molecule has 0 saturated heterocycles. The molecular formula is C24H17N3O3. The van der Waals surface area contributed by atoms with Gasteiger partial charge in [0, 0.05) is 11.6 Å². The lowest BCUT2D eigenvalue weighted by Crippen LogP contribution is -2.04. The second-order valence-electron chi connectivity index (χ2n) is 6.77. The smallest absolute Gasteiger partial charge is 0.197 e. The number of nitrogens with zero attached hydrogens (tertiary/aromatic N) is 2. The summed E-state index contributed by atoms with van der Waals surface area (Å²) in [6, 6.07) is 26.2. The molecule has 0 spiro atoms. The van der Waals surface area contributed by atoms with Crippen molar-refractivity contribution in [1.82, 2.24) is 15.4 Å². The Labute approximate surface area is 171 Å². The Hall–Kier alpha value is -4.19. The molecule has 0 fully saturated rings. The van der Waals surface area contributed by atoms with Crippen molar-refractivity contribution in [1.29, 1.82) is 0 Å². The zero-order valence-corrected chi connectivity index (χ0v) is 15.9. The summed E-state index contributed by atoms with van der Waals surface area (Å²) in [5.41, 5.74) is 3.24. The lowest BCUT2D eigenvalue weighted by Gasteiger charge is -2.09. The van der Waals surface area contributed by atoms with Gasteiger partial charge in [-0.05, 0) is 17.7 Å². The van der Waals surface area contributed by atoms with E-state index in [4.69, 9.17) is 9.15 Å². The van der Waals surface area contributed by atoms with Crippen molar-refractivity contribution >= 4 is 11.0 Å². The van der Waals surface area contributed by atoms with Crippen LogP contribution in [0.5, 0.6) is 5.75 Å². The molecule has 0 aliphatic carbocycles. The number of ether oxygens (including phenoxy) is 1. The van der Waals surface area contributed by atoms with Gasteiger partial charge in [-0.25, -0.2) is 0 Å². The predicted octanol–water partition coefficient (Wildman–Crippen LogP) is 4.82. The summed E-state index contributed by atoms with van der Waals surface area (Å²) in [5.74, 6) is 0.834. The summed E-state index contributed by atoms with van der Waals surface area (Å²) >= 11 is 0. The molecule has 2 heterocycles. The average Bonchev–Trinajstić information content (AvgIpc) is 3.29. The third-order valence-corrected chi connectivity index (χ3v) is 4.78. The number of aromatic nitrogens is 3. The Morgan fingerprint density at radius 2 is 1.57 bits per heavy atom. The van der Waals surface area contributed by atoms with Gasteiger partial charge in [-0.2, -0.15) is 15.4 Å². The fourth-order valence-electron chi connectivity index (χ4n) is 3.35. The van der Waals surface area contributed by atoms with Crippen molar-refractivity contribution in [2.24, 2.45) is 0 Å². The Bertz CT molecular complexity index is 1360. The zero-order valence-electron chi connectivity index (χ0n) is 15.9. The fraction of sp³-hybridized carbons (Fsp3) is 0.0417. The van der Waals surface area contributed by atoms with Gasteiger partial charge in [0.2, 0.25) is 0 Å². The minimum absolute atomic E-state index is 0.197. The lowest BCUT2D eigenvalue weighted by atomic mass is 10.1. The van der Waals surface area contributed by atoms with Crippen molar-refractivity contribution in [3.63, 3.8) is 0 Å². The van der Waals surface area contributed by atoms with Crippen molar-refractivity contribution in [2.75, 3.05) is 0 Å². The molecule has 5 rings (SSSR count). The highest BCUT2D eigenvalue weighted by Crippen LogP contribution is 2.31. The van der Waals surface area contributed by atoms with Crippen LogP contribution >= 0.6 is 0 Å². The second-order valence-corrected chi connectivity index (χ2v) is 6.77. The topological polar surface area (TPSA) is 81.0 Å². The Morgan fingerprint density at radius 1 is 0.833 bits per heavy atom. The van der Waals surface area contributed by atoms with E-state index >= 15 is 0 Å². The number of hydrogen-bond donors (Lipinski definition) is 1. The number of fused-ring (bicyclic) bond motifs is 1. The van der Waals surface area contributed by atoms with Gasteiger partial charge < -0.3 is 9.15 Å². The largest absolute Gasteiger partial charge is 0.488 e. The monoisotopic (exact) mass is 395 g/mol. The summed E-state index contributed by atoms with van der Waals surface area (Å²) < 4.78 is 12.0. The van der Waals surface area contributed by atoms with Gasteiger partial charge in [-0.3, -0.25) is 4.79 Å². The molecule has 0 unspecified atom stereocenters. The van der Waals surface area contributed by atoms with Crippen LogP contribution in [0.4, 0.5) is 0 Å². The van der Waals surface area contributed by atoms with Crippen LogP contribution in [0.2, 0.25) is 0 Å². The van der Waals surface area contributed by atoms with Gasteiger partial charge in [-0.1, -0.05) is 66.7 Å². The summed E-state index contributed by atoms with van der Waals surface area (Å²) in [4.78, 5) is 13.0. The first-order valence-corrected chi connectivity index (χ1v) is 9.50. The molecule has 2 aromatic heterocycles. The summed E-state index contributed by atoms with van der Waals surface area (Å²) in [5, 5.41) is 11.5. The number of aromatic amines is 1. The number of nitrogens with one attached hydrogen (secondary N) is 1. The minimum Gasteiger partial charge on any atom is -0.488 e. The zero-order chi connectivity index (χ0) is 20.3. The van der Waals surface area contributed by atoms with Gasteiger partial charge in [0.1, 0.15) is 29.0 Å². The van der Waals surface area contributed by atoms with Gasteiger partial charge >= 0.3 is 0 Å². The maximum atomic E-state index is 13.0. The third-order valence-electron chi connectivity index (χ3n) is 4.78. The van der Waals surface area contributed by atoms with E-state index in [0.717, 1.165) is 11.1 Å². The predicted molar refractivity (Wildman–Crippen MR) is 114 cm³/mol. The minimum atomic E-state index is -0.197. The van der Waals surface area contributed by atoms with Crippen molar-refractivity contribution in [3.05, 3.63) is 101 Å². The van der Waals surface area contributed by atoms with E-state index in [9.17, 15) is 4.79 Å². The quantitative estimate of drug-likeness (QED) is 0.461. The molecule has 3 aromatic carbocycles. The lowest BCUT2D eigenvalue weighted by molar-refractivity contribution is 0.309. The molecule has 0 bridgehead atoms. The van der Waals surface area contributed by atoms with Gasteiger partial charge in [0.05, 0.1) is 0 Å². The molecule has 0 aliphatic rings. The first kappa shape index (κ1) is 17.9. The van der Waals surface area contributed by atoms with E-state index in [1.54, 1.807) is 18.2 Å². The van der Waals surface area contributed by atoms with E-state index in [1.807, 2.05) is 60.7 Å². The summed E-state index contributed by atoms with van der Waals surface area (Å²) in [6.45, 7) is 0.364. The molecule has 146 valence electrons. The number of benzene rings is 3. The van der Waals surface area contributed by atoms with E-state index < -0.39 is 0 Å². The van der Waals surface area contributed by atoms with Crippen molar-refractivity contribution in [2.45, 2.75) is 6.61 Å². The number of hydrogen-bond acceptors (Lipinski definition) is 5. The van der Waals surface area contributed by atoms with Crippen molar-refractivity contribution in [3.8, 4) is 28.5 Å². The number of rotatable bonds is 5. The molecule has 0 amide bonds. The first-order chi connectivity index (χ1) is 14.8. The highest BCUT2D eigenvalue weighted by molar-refractivity contribution is 5.85. The Balaban J connectivity index is 1.55. The normalized spacial score (nSPS) is 10.9. The molecule has 5 aromatic rings. The molecule has 0 aliphatic heterocycles. The van der Waals surface area contributed by atoms with Gasteiger partial charge in [0.15, 0.2) is 16.9 Å². The average molecular weight is 395 g/mol. The number of H-pyrrole nitrogens is 1. The van der Waals surface area contributed by atoms with E-state index in [1.165, 1.54) is 6.07 Å². The van der Waals surface area contributed by atoms with Crippen LogP contribution in [-0.4, -0.2) is 15.4 Å². The van der Waals surface area contributed by atoms with Crippen LogP contribution in [0.25, 0.3) is 33.7 Å². The molecule has 1 N–H and O–H groups in total. The van der Waals surface area contributed by atoms with Gasteiger partial charge in [-0.15, -0.1) is 0 Å². The standard InChI is InChI=1S/C24H17N3O3/c28-18-14-21(24-23(25-27-26-24)17-10-5-2-6-11-17)30-20-13-7-12-19(22(18)20)29-15-16-8-3-1-4-9-16/h1-14H,15H2,(H,25,26,27). The highest BCUT2D eigenvalue weighted by atomic mass is 16.5. The van der Waals surface area contributed by atoms with E-state index in [2.05, 4.69) is 15.4 Å². The second kappa shape index (κ2) is 7.67. The van der Waals surface area contributed by atoms with Crippen LogP contribution in [0.3, 0.4) is 0 Å². The summed E-state index contributed by atoms with van der Waals surface area (Å²) in [6.07, 6.45) is 0. The molecule has 0 atom stereocenters. The molecule has 6 heteroatoms. The molecular weight excluding hydrogens is 378 g/mol. The van der Waals surface area contributed by atoms with Crippen molar-refractivity contribution < 1.29 is 9.15 Å². The Kier molecular flexibility index (Phi) is 4.57. The summed E-state index contributed by atoms with van der Waals surface area (Å²) in [7, 11) is 0. The molecule has 6 nitrogen and oxygen atoms in total. The van der Waals surface area contributed by atoms with Gasteiger partial charge in [0.25, 0.3) is 0 Å². The third kappa shape index (κ3) is 3.35. The maximum Gasteiger partial charge on any atom is 0.197 e. The highest BCUT2D eigenvalue weighted by Gasteiger charge is 2.18. The fourth-order valence-corrected chi connectivity index (χ4v) is 3.35. The maximum absolute atomic E-state index is 13.0. The van der Waals surface area contributed by atoms with Crippen LogP contribution < -0.4 is 10.2 Å². The molecule has 30 heavy (non-hydrogen) atoms. The Morgan fingerprint density at radius 3 is 2.37 bits per heavy atom. The molecule has 0 saturated carbocycles. The van der Waals surface area contributed by atoms with Crippen LogP contribution in [0, 0.1) is 0 Å². The van der Waals surface area contributed by atoms with Crippen LogP contribution in [0.15, 0.2) is 94.1 Å². The van der Waals surface area contributed by atoms with E-state index in [-0.39, 0.29) is 5.43 Å². The SMILES string of the molecule is O=c1cc(-c2n[nH]nc2-c2ccccc2)oc2cccc(OCc3ccccc3)c12. The molecule has 0 radical (unpaired) electrons. The van der Waals surface area contributed by atoms with E-state index in [0.29, 0.717) is 40.5 Å².